The number of halogens is 3. The van der Waals surface area contributed by atoms with Crippen LogP contribution in [0.1, 0.15) is 52.4 Å². The quantitative estimate of drug-likeness (QED) is 0.472. The molecule has 2 rings (SSSR count). The van der Waals surface area contributed by atoms with E-state index in [2.05, 4.69) is 17.2 Å². The third-order valence-electron chi connectivity index (χ3n) is 5.52. The highest BCUT2D eigenvalue weighted by Gasteiger charge is 2.36. The molecule has 1 unspecified atom stereocenters. The minimum absolute atomic E-state index is 0.0330. The highest BCUT2D eigenvalue weighted by Crippen LogP contribution is 2.30. The van der Waals surface area contributed by atoms with Crippen molar-refractivity contribution < 1.29 is 23.1 Å². The fraction of sp³-hybridized carbons (Fsp3) is 0.625. The Morgan fingerprint density at radius 2 is 2.03 bits per heavy atom. The SMILES string of the molecule is C=CC(C/C=C/N1CCC(O)(CCNC2=C/CNC(=O)CC/C=C\2)CC1)C(F)(F)F.CC. The third-order valence-corrected chi connectivity index (χ3v) is 5.52. The summed E-state index contributed by atoms with van der Waals surface area (Å²) in [5, 5.41) is 16.9. The van der Waals surface area contributed by atoms with Gasteiger partial charge in [0.1, 0.15) is 0 Å². The summed E-state index contributed by atoms with van der Waals surface area (Å²) < 4.78 is 38.2. The molecule has 0 aliphatic carbocycles. The molecule has 0 radical (unpaired) electrons. The Morgan fingerprint density at radius 3 is 2.66 bits per heavy atom. The van der Waals surface area contributed by atoms with Gasteiger partial charge in [-0.2, -0.15) is 13.2 Å². The molecule has 1 amide bonds. The van der Waals surface area contributed by atoms with Crippen LogP contribution in [0.2, 0.25) is 0 Å². The zero-order valence-electron chi connectivity index (χ0n) is 19.3. The van der Waals surface area contributed by atoms with E-state index in [0.717, 1.165) is 11.8 Å². The first-order chi connectivity index (χ1) is 15.2. The third kappa shape index (κ3) is 10.4. The van der Waals surface area contributed by atoms with Crippen LogP contribution in [-0.4, -0.2) is 53.9 Å². The smallest absolute Gasteiger partial charge is 0.390 e. The second kappa shape index (κ2) is 14.0. The molecule has 0 bridgehead atoms. The number of likely N-dealkylation sites (tertiary alicyclic amines) is 1. The van der Waals surface area contributed by atoms with Crippen molar-refractivity contribution in [1.29, 1.82) is 0 Å². The Morgan fingerprint density at radius 1 is 1.34 bits per heavy atom. The summed E-state index contributed by atoms with van der Waals surface area (Å²) in [5.74, 6) is -1.50. The van der Waals surface area contributed by atoms with E-state index in [9.17, 15) is 23.1 Å². The van der Waals surface area contributed by atoms with E-state index in [-0.39, 0.29) is 12.3 Å². The Hall–Kier alpha value is -2.22. The van der Waals surface area contributed by atoms with Crippen molar-refractivity contribution >= 4 is 5.91 Å². The van der Waals surface area contributed by atoms with Crippen molar-refractivity contribution in [3.63, 3.8) is 0 Å². The van der Waals surface area contributed by atoms with Crippen LogP contribution in [0, 0.1) is 5.92 Å². The molecule has 5 nitrogen and oxygen atoms in total. The molecular formula is C24H38F3N3O2. The van der Waals surface area contributed by atoms with Gasteiger partial charge in [-0.05, 0) is 50.5 Å². The molecule has 3 N–H and O–H groups in total. The molecule has 0 aromatic carbocycles. The van der Waals surface area contributed by atoms with E-state index in [1.54, 1.807) is 6.20 Å². The van der Waals surface area contributed by atoms with Crippen LogP contribution in [0.4, 0.5) is 13.2 Å². The highest BCUT2D eigenvalue weighted by atomic mass is 19.4. The number of nitrogens with one attached hydrogen (secondary N) is 2. The largest absolute Gasteiger partial charge is 0.395 e. The molecule has 1 fully saturated rings. The summed E-state index contributed by atoms with van der Waals surface area (Å²) in [6.07, 6.45) is 8.46. The Bertz CT molecular complexity index is 664. The fourth-order valence-electron chi connectivity index (χ4n) is 3.49. The topological polar surface area (TPSA) is 64.6 Å². The second-order valence-corrected chi connectivity index (χ2v) is 7.85. The van der Waals surface area contributed by atoms with E-state index >= 15 is 0 Å². The molecule has 32 heavy (non-hydrogen) atoms. The van der Waals surface area contributed by atoms with Gasteiger partial charge < -0.3 is 20.6 Å². The predicted octanol–water partition coefficient (Wildman–Crippen LogP) is 4.44. The first kappa shape index (κ1) is 27.8. The lowest BCUT2D eigenvalue weighted by Gasteiger charge is -2.38. The van der Waals surface area contributed by atoms with Crippen LogP contribution in [0.5, 0.6) is 0 Å². The van der Waals surface area contributed by atoms with Crippen LogP contribution in [0.3, 0.4) is 0 Å². The maximum absolute atomic E-state index is 12.7. The molecule has 1 atom stereocenters. The average Bonchev–Trinajstić information content (AvgIpc) is 2.85. The lowest BCUT2D eigenvalue weighted by Crippen LogP contribution is -2.43. The summed E-state index contributed by atoms with van der Waals surface area (Å²) in [7, 11) is 0. The maximum atomic E-state index is 12.7. The van der Waals surface area contributed by atoms with Gasteiger partial charge in [-0.25, -0.2) is 0 Å². The van der Waals surface area contributed by atoms with Crippen LogP contribution < -0.4 is 10.6 Å². The number of hydrogen-bond donors (Lipinski definition) is 3. The lowest BCUT2D eigenvalue weighted by atomic mass is 9.88. The van der Waals surface area contributed by atoms with Gasteiger partial charge in [0.05, 0.1) is 11.5 Å². The molecule has 0 spiro atoms. The van der Waals surface area contributed by atoms with Crippen molar-refractivity contribution in [2.24, 2.45) is 5.92 Å². The van der Waals surface area contributed by atoms with Crippen molar-refractivity contribution in [1.82, 2.24) is 15.5 Å². The minimum Gasteiger partial charge on any atom is -0.390 e. The molecule has 2 aliphatic rings. The number of allylic oxidation sites excluding steroid dienone is 4. The first-order valence-electron chi connectivity index (χ1n) is 11.4. The molecule has 0 saturated carbocycles. The summed E-state index contributed by atoms with van der Waals surface area (Å²) in [6.45, 7) is 9.54. The number of rotatable bonds is 8. The van der Waals surface area contributed by atoms with Crippen molar-refractivity contribution in [2.45, 2.75) is 64.1 Å². The Kier molecular flexibility index (Phi) is 12.2. The molecular weight excluding hydrogens is 419 g/mol. The molecule has 182 valence electrons. The second-order valence-electron chi connectivity index (χ2n) is 7.85. The van der Waals surface area contributed by atoms with Gasteiger partial charge in [0.2, 0.25) is 5.91 Å². The molecule has 1 saturated heterocycles. The zero-order chi connectivity index (χ0) is 24.0. The zero-order valence-corrected chi connectivity index (χ0v) is 19.3. The van der Waals surface area contributed by atoms with Crippen molar-refractivity contribution in [3.8, 4) is 0 Å². The summed E-state index contributed by atoms with van der Waals surface area (Å²) in [6, 6.07) is 0. The van der Waals surface area contributed by atoms with Gasteiger partial charge in [-0.3, -0.25) is 4.79 Å². The van der Waals surface area contributed by atoms with E-state index < -0.39 is 17.7 Å². The maximum Gasteiger partial charge on any atom is 0.395 e. The molecule has 8 heteroatoms. The average molecular weight is 458 g/mol. The number of amides is 1. The predicted molar refractivity (Wildman–Crippen MR) is 123 cm³/mol. The summed E-state index contributed by atoms with van der Waals surface area (Å²) >= 11 is 0. The highest BCUT2D eigenvalue weighted by molar-refractivity contribution is 5.76. The van der Waals surface area contributed by atoms with E-state index in [1.807, 2.05) is 37.0 Å². The van der Waals surface area contributed by atoms with Crippen LogP contribution >= 0.6 is 0 Å². The van der Waals surface area contributed by atoms with Gasteiger partial charge in [0.25, 0.3) is 0 Å². The van der Waals surface area contributed by atoms with E-state index in [0.29, 0.717) is 58.3 Å². The molecule has 0 aromatic rings. The monoisotopic (exact) mass is 457 g/mol. The normalized spacial score (nSPS) is 22.8. The molecule has 2 aliphatic heterocycles. The van der Waals surface area contributed by atoms with Gasteiger partial charge in [0.15, 0.2) is 0 Å². The summed E-state index contributed by atoms with van der Waals surface area (Å²) in [5.41, 5.74) is 0.131. The summed E-state index contributed by atoms with van der Waals surface area (Å²) in [4.78, 5) is 13.4. The standard InChI is InChI=1S/C22H32F3N3O2.C2H6/c1-2-18(22(23,24)25)6-5-15-28-16-11-21(30,12-17-28)10-14-26-19-7-3-4-8-20(29)27-13-9-19;1-2/h2-3,5,7,9,15,18,26,30H,1,4,6,8,10-14,16-17H2,(H,27,29);1-2H3/b7-3-,15-5+,19-9+;. The van der Waals surface area contributed by atoms with Crippen molar-refractivity contribution in [2.75, 3.05) is 26.2 Å². The van der Waals surface area contributed by atoms with Gasteiger partial charge in [0, 0.05) is 38.3 Å². The van der Waals surface area contributed by atoms with Crippen molar-refractivity contribution in [3.05, 3.63) is 48.9 Å². The Balaban J connectivity index is 0.00000249. The number of nitrogens with zero attached hydrogens (tertiary/aromatic N) is 1. The molecule has 2 heterocycles. The number of alkyl halides is 3. The van der Waals surface area contributed by atoms with Crippen LogP contribution in [0.25, 0.3) is 0 Å². The minimum atomic E-state index is -4.27. The van der Waals surface area contributed by atoms with E-state index in [1.165, 1.54) is 6.08 Å². The molecule has 0 aromatic heterocycles. The number of carbonyl (C=O) groups is 1. The first-order valence-corrected chi connectivity index (χ1v) is 11.4. The van der Waals surface area contributed by atoms with Crippen LogP contribution in [-0.2, 0) is 4.79 Å². The fourth-order valence-corrected chi connectivity index (χ4v) is 3.49. The number of carbonyl (C=O) groups excluding carboxylic acids is 1. The van der Waals surface area contributed by atoms with Gasteiger partial charge in [-0.15, -0.1) is 6.58 Å². The Labute approximate surface area is 190 Å². The van der Waals surface area contributed by atoms with Crippen LogP contribution in [0.15, 0.2) is 48.9 Å². The van der Waals surface area contributed by atoms with E-state index in [4.69, 9.17) is 0 Å². The van der Waals surface area contributed by atoms with Gasteiger partial charge >= 0.3 is 6.18 Å². The number of piperidine rings is 1. The lowest BCUT2D eigenvalue weighted by molar-refractivity contribution is -0.160. The number of hydrogen-bond acceptors (Lipinski definition) is 4. The van der Waals surface area contributed by atoms with Gasteiger partial charge in [-0.1, -0.05) is 32.1 Å². The number of aliphatic hydroxyl groups is 1.